The van der Waals surface area contributed by atoms with Crippen molar-refractivity contribution in [2.24, 2.45) is 0 Å². The molecule has 0 bridgehead atoms. The minimum absolute atomic E-state index is 1.11. The van der Waals surface area contributed by atoms with Crippen LogP contribution in [-0.4, -0.2) is 0 Å². The van der Waals surface area contributed by atoms with Crippen molar-refractivity contribution in [2.45, 2.75) is 13.8 Å². The van der Waals surface area contributed by atoms with Gasteiger partial charge >= 0.3 is 0 Å². The summed E-state index contributed by atoms with van der Waals surface area (Å²) in [4.78, 5) is 2.42. The molecule has 0 fully saturated rings. The standard InChI is InChI=1S/C52H41N/c1-38-27-33-51(39(2)35-38)53(46-31-28-40(29-32-46)36-49(41-17-7-3-8-18-41)42-19-9-4-10-20-42)52-34-30-45(47-25-15-16-26-48(47)52)37-50(43-21-11-5-12-22-43)44-23-13-6-14-24-44/h3-37H,1-2H3. The molecular formula is C52H41N. The van der Waals surface area contributed by atoms with Gasteiger partial charge in [0.25, 0.3) is 0 Å². The van der Waals surface area contributed by atoms with Crippen LogP contribution in [0.3, 0.4) is 0 Å². The highest BCUT2D eigenvalue weighted by Crippen LogP contribution is 2.42. The number of benzene rings is 8. The highest BCUT2D eigenvalue weighted by Gasteiger charge is 2.19. The van der Waals surface area contributed by atoms with E-state index >= 15 is 0 Å². The Morgan fingerprint density at radius 1 is 0.396 bits per heavy atom. The quantitative estimate of drug-likeness (QED) is 0.137. The largest absolute Gasteiger partial charge is 0.310 e. The molecule has 0 atom stereocenters. The number of aryl methyl sites for hydroxylation is 2. The Kier molecular flexibility index (Phi) is 9.64. The van der Waals surface area contributed by atoms with E-state index in [-0.39, 0.29) is 0 Å². The molecule has 0 aliphatic carbocycles. The van der Waals surface area contributed by atoms with Gasteiger partial charge in [-0.2, -0.15) is 0 Å². The second-order valence-electron chi connectivity index (χ2n) is 13.5. The number of rotatable bonds is 9. The van der Waals surface area contributed by atoms with E-state index in [0.717, 1.165) is 22.6 Å². The van der Waals surface area contributed by atoms with Crippen LogP contribution < -0.4 is 4.90 Å². The molecule has 0 N–H and O–H groups in total. The van der Waals surface area contributed by atoms with Gasteiger partial charge in [0, 0.05) is 16.8 Å². The normalized spacial score (nSPS) is 10.8. The van der Waals surface area contributed by atoms with Gasteiger partial charge in [-0.25, -0.2) is 0 Å². The van der Waals surface area contributed by atoms with E-state index in [1.807, 2.05) is 0 Å². The zero-order chi connectivity index (χ0) is 36.0. The molecule has 53 heavy (non-hydrogen) atoms. The fourth-order valence-electron chi connectivity index (χ4n) is 7.27. The third-order valence-corrected chi connectivity index (χ3v) is 9.87. The van der Waals surface area contributed by atoms with Crippen LogP contribution in [0.4, 0.5) is 17.1 Å². The van der Waals surface area contributed by atoms with Crippen molar-refractivity contribution in [3.05, 3.63) is 245 Å². The van der Waals surface area contributed by atoms with Crippen LogP contribution in [0, 0.1) is 13.8 Å². The predicted octanol–water partition coefficient (Wildman–Crippen LogP) is 14.1. The Bertz CT molecular complexity index is 2450. The highest BCUT2D eigenvalue weighted by molar-refractivity contribution is 6.06. The second-order valence-corrected chi connectivity index (χ2v) is 13.5. The Labute approximate surface area is 313 Å². The zero-order valence-corrected chi connectivity index (χ0v) is 30.2. The van der Waals surface area contributed by atoms with Gasteiger partial charge in [0.1, 0.15) is 0 Å². The van der Waals surface area contributed by atoms with Crippen LogP contribution in [0.25, 0.3) is 34.1 Å². The second kappa shape index (κ2) is 15.3. The number of fused-ring (bicyclic) bond motifs is 1. The Balaban J connectivity index is 1.27. The first kappa shape index (κ1) is 33.4. The zero-order valence-electron chi connectivity index (χ0n) is 30.2. The topological polar surface area (TPSA) is 3.24 Å². The van der Waals surface area contributed by atoms with Gasteiger partial charge in [0.05, 0.1) is 5.69 Å². The summed E-state index contributed by atoms with van der Waals surface area (Å²) < 4.78 is 0. The molecule has 0 amide bonds. The third kappa shape index (κ3) is 7.24. The van der Waals surface area contributed by atoms with E-state index in [2.05, 4.69) is 231 Å². The molecule has 0 heterocycles. The average molecular weight is 680 g/mol. The lowest BCUT2D eigenvalue weighted by Gasteiger charge is -2.29. The maximum Gasteiger partial charge on any atom is 0.0540 e. The molecule has 0 aliphatic rings. The molecule has 254 valence electrons. The first-order valence-electron chi connectivity index (χ1n) is 18.3. The van der Waals surface area contributed by atoms with Crippen molar-refractivity contribution < 1.29 is 0 Å². The fourth-order valence-corrected chi connectivity index (χ4v) is 7.27. The van der Waals surface area contributed by atoms with Crippen molar-refractivity contribution in [3.8, 4) is 0 Å². The van der Waals surface area contributed by atoms with E-state index in [1.165, 1.54) is 60.9 Å². The van der Waals surface area contributed by atoms with E-state index in [9.17, 15) is 0 Å². The summed E-state index contributed by atoms with van der Waals surface area (Å²) in [5.74, 6) is 0. The summed E-state index contributed by atoms with van der Waals surface area (Å²) in [6.07, 6.45) is 4.64. The predicted molar refractivity (Wildman–Crippen MR) is 228 cm³/mol. The molecule has 8 aromatic carbocycles. The van der Waals surface area contributed by atoms with E-state index in [1.54, 1.807) is 0 Å². The Morgan fingerprint density at radius 3 is 1.36 bits per heavy atom. The number of nitrogens with zero attached hydrogens (tertiary/aromatic N) is 1. The lowest BCUT2D eigenvalue weighted by atomic mass is 9.93. The molecule has 0 aromatic heterocycles. The van der Waals surface area contributed by atoms with E-state index < -0.39 is 0 Å². The van der Waals surface area contributed by atoms with Crippen LogP contribution in [0.15, 0.2) is 200 Å². The number of hydrogen-bond acceptors (Lipinski definition) is 1. The van der Waals surface area contributed by atoms with Crippen molar-refractivity contribution in [3.63, 3.8) is 0 Å². The summed E-state index contributed by atoms with van der Waals surface area (Å²) in [7, 11) is 0. The number of anilines is 3. The van der Waals surface area contributed by atoms with Gasteiger partial charge in [-0.1, -0.05) is 181 Å². The van der Waals surface area contributed by atoms with Crippen LogP contribution in [0.1, 0.15) is 44.5 Å². The fraction of sp³-hybridized carbons (Fsp3) is 0.0385. The SMILES string of the molecule is Cc1ccc(N(c2ccc(C=C(c3ccccc3)c3ccccc3)cc2)c2ccc(C=C(c3ccccc3)c3ccccc3)c3ccccc23)c(C)c1. The summed E-state index contributed by atoms with van der Waals surface area (Å²) >= 11 is 0. The van der Waals surface area contributed by atoms with Gasteiger partial charge in [0.2, 0.25) is 0 Å². The van der Waals surface area contributed by atoms with Crippen molar-refractivity contribution in [1.29, 1.82) is 0 Å². The van der Waals surface area contributed by atoms with Gasteiger partial charge in [0.15, 0.2) is 0 Å². The summed E-state index contributed by atoms with van der Waals surface area (Å²) in [5, 5.41) is 2.40. The molecule has 1 heteroatoms. The molecule has 0 spiro atoms. The summed E-state index contributed by atoms with van der Waals surface area (Å²) in [6, 6.07) is 71.8. The van der Waals surface area contributed by atoms with Gasteiger partial charge in [-0.15, -0.1) is 0 Å². The Morgan fingerprint density at radius 2 is 0.849 bits per heavy atom. The maximum absolute atomic E-state index is 2.42. The molecule has 1 nitrogen and oxygen atoms in total. The molecule has 0 radical (unpaired) electrons. The Hall–Kier alpha value is -6.70. The molecule has 8 rings (SSSR count). The smallest absolute Gasteiger partial charge is 0.0540 e. The van der Waals surface area contributed by atoms with E-state index in [4.69, 9.17) is 0 Å². The molecule has 0 saturated heterocycles. The first-order chi connectivity index (χ1) is 26.1. The van der Waals surface area contributed by atoms with Crippen LogP contribution in [0.2, 0.25) is 0 Å². The summed E-state index contributed by atoms with van der Waals surface area (Å²) in [6.45, 7) is 4.37. The van der Waals surface area contributed by atoms with Crippen LogP contribution in [0.5, 0.6) is 0 Å². The molecule has 8 aromatic rings. The lowest BCUT2D eigenvalue weighted by molar-refractivity contribution is 1.25. The molecule has 0 unspecified atom stereocenters. The van der Waals surface area contributed by atoms with Crippen molar-refractivity contribution in [2.75, 3.05) is 4.90 Å². The minimum Gasteiger partial charge on any atom is -0.310 e. The van der Waals surface area contributed by atoms with Crippen molar-refractivity contribution in [1.82, 2.24) is 0 Å². The van der Waals surface area contributed by atoms with Gasteiger partial charge in [-0.05, 0) is 106 Å². The third-order valence-electron chi connectivity index (χ3n) is 9.87. The first-order valence-corrected chi connectivity index (χ1v) is 18.3. The van der Waals surface area contributed by atoms with Crippen molar-refractivity contribution >= 4 is 51.1 Å². The van der Waals surface area contributed by atoms with Gasteiger partial charge < -0.3 is 4.90 Å². The highest BCUT2D eigenvalue weighted by atomic mass is 15.1. The average Bonchev–Trinajstić information content (AvgIpc) is 3.22. The van der Waals surface area contributed by atoms with Crippen LogP contribution >= 0.6 is 0 Å². The lowest BCUT2D eigenvalue weighted by Crippen LogP contribution is -2.12. The monoisotopic (exact) mass is 679 g/mol. The molecule has 0 aliphatic heterocycles. The number of hydrogen-bond donors (Lipinski definition) is 0. The molecule has 0 saturated carbocycles. The maximum atomic E-state index is 2.42. The molecular weight excluding hydrogens is 639 g/mol. The summed E-state index contributed by atoms with van der Waals surface area (Å²) in [5.41, 5.74) is 15.4. The van der Waals surface area contributed by atoms with E-state index in [0.29, 0.717) is 0 Å². The van der Waals surface area contributed by atoms with Gasteiger partial charge in [-0.3, -0.25) is 0 Å². The minimum atomic E-state index is 1.11. The van der Waals surface area contributed by atoms with Crippen LogP contribution in [-0.2, 0) is 0 Å².